The molecule has 0 fully saturated rings. The molecule has 0 N–H and O–H groups in total. The monoisotopic (exact) mass is 175 g/mol. The van der Waals surface area contributed by atoms with Crippen molar-refractivity contribution in [2.45, 2.75) is 26.3 Å². The van der Waals surface area contributed by atoms with Crippen LogP contribution in [0.2, 0.25) is 0 Å². The highest BCUT2D eigenvalue weighted by atomic mass is 16.5. The molecule has 0 saturated heterocycles. The molecule has 0 atom stereocenters. The molecule has 68 valence electrons. The van der Waals surface area contributed by atoms with Crippen LogP contribution in [0.3, 0.4) is 0 Å². The molecule has 1 aromatic rings. The Hall–Kier alpha value is -1.18. The summed E-state index contributed by atoms with van der Waals surface area (Å²) < 4.78 is 7.99. The largest absolute Gasteiger partial charge is 0.494 e. The van der Waals surface area contributed by atoms with Crippen molar-refractivity contribution in [1.82, 2.24) is 4.57 Å². The first-order chi connectivity index (χ1) is 6.36. The van der Waals surface area contributed by atoms with Gasteiger partial charge in [0, 0.05) is 17.8 Å². The van der Waals surface area contributed by atoms with Gasteiger partial charge in [0.2, 0.25) is 0 Å². The third-order valence-corrected chi connectivity index (χ3v) is 3.02. The third kappa shape index (κ3) is 0.886. The molecule has 3 rings (SSSR count). The average Bonchev–Trinajstić information content (AvgIpc) is 2.57. The van der Waals surface area contributed by atoms with Crippen LogP contribution in [-0.2, 0) is 11.3 Å². The predicted octanol–water partition coefficient (Wildman–Crippen LogP) is 0.591. The van der Waals surface area contributed by atoms with E-state index in [0.29, 0.717) is 0 Å². The Balaban J connectivity index is 2.50. The number of hydrogen-bond donors (Lipinski definition) is 0. The van der Waals surface area contributed by atoms with Crippen molar-refractivity contribution < 1.29 is 4.74 Å². The number of ether oxygens (including phenoxy) is 1. The minimum atomic E-state index is 0.843. The minimum Gasteiger partial charge on any atom is -0.494 e. The van der Waals surface area contributed by atoms with Gasteiger partial charge in [-0.15, -0.1) is 0 Å². The van der Waals surface area contributed by atoms with Crippen LogP contribution in [0.15, 0.2) is 12.3 Å². The van der Waals surface area contributed by atoms with E-state index < -0.39 is 0 Å². The van der Waals surface area contributed by atoms with Crippen molar-refractivity contribution >= 4 is 11.3 Å². The number of aromatic nitrogens is 1. The molecule has 0 amide bonds. The maximum absolute atomic E-state index is 5.67. The highest BCUT2D eigenvalue weighted by molar-refractivity contribution is 5.52. The molecular weight excluding hydrogens is 162 g/mol. The fourth-order valence-corrected chi connectivity index (χ4v) is 2.28. The molecule has 0 spiro atoms. The predicted molar refractivity (Wildman–Crippen MR) is 51.4 cm³/mol. The van der Waals surface area contributed by atoms with Crippen LogP contribution >= 0.6 is 0 Å². The van der Waals surface area contributed by atoms with Gasteiger partial charge in [-0.1, -0.05) is 5.57 Å². The molecule has 13 heavy (non-hydrogen) atoms. The Kier molecular flexibility index (Phi) is 1.34. The molecule has 0 radical (unpaired) electrons. The molecule has 2 heteroatoms. The summed E-state index contributed by atoms with van der Waals surface area (Å²) in [5, 5.41) is 2.75. The molecular formula is C11H13NO. The van der Waals surface area contributed by atoms with Gasteiger partial charge >= 0.3 is 0 Å². The van der Waals surface area contributed by atoms with Crippen molar-refractivity contribution in [3.63, 3.8) is 0 Å². The first kappa shape index (κ1) is 7.25. The van der Waals surface area contributed by atoms with Crippen LogP contribution in [0.25, 0.3) is 11.3 Å². The fraction of sp³-hybridized carbons (Fsp3) is 0.455. The SMILES string of the molecule is CC1=c2ccn3c2=C(CC1)OCC3. The van der Waals surface area contributed by atoms with Gasteiger partial charge in [0.1, 0.15) is 12.4 Å². The van der Waals surface area contributed by atoms with Crippen molar-refractivity contribution in [1.29, 1.82) is 0 Å². The van der Waals surface area contributed by atoms with E-state index in [2.05, 4.69) is 23.8 Å². The second-order valence-electron chi connectivity index (χ2n) is 3.82. The lowest BCUT2D eigenvalue weighted by atomic mass is 10.0. The van der Waals surface area contributed by atoms with Gasteiger partial charge in [-0.3, -0.25) is 0 Å². The zero-order chi connectivity index (χ0) is 8.84. The second kappa shape index (κ2) is 2.41. The highest BCUT2D eigenvalue weighted by Crippen LogP contribution is 2.16. The third-order valence-electron chi connectivity index (χ3n) is 3.02. The number of hydrogen-bond acceptors (Lipinski definition) is 1. The molecule has 0 saturated carbocycles. The summed E-state index contributed by atoms with van der Waals surface area (Å²) in [6.45, 7) is 4.07. The lowest BCUT2D eigenvalue weighted by Gasteiger charge is -2.20. The van der Waals surface area contributed by atoms with Crippen LogP contribution in [0.5, 0.6) is 0 Å². The lowest BCUT2D eigenvalue weighted by molar-refractivity contribution is 0.225. The van der Waals surface area contributed by atoms with Crippen molar-refractivity contribution in [2.75, 3.05) is 6.61 Å². The molecule has 1 aliphatic carbocycles. The van der Waals surface area contributed by atoms with Crippen molar-refractivity contribution in [3.8, 4) is 0 Å². The Bertz CT molecular complexity index is 467. The van der Waals surface area contributed by atoms with Crippen LogP contribution in [0, 0.1) is 0 Å². The first-order valence-corrected chi connectivity index (χ1v) is 4.87. The van der Waals surface area contributed by atoms with Crippen LogP contribution in [-0.4, -0.2) is 11.2 Å². The van der Waals surface area contributed by atoms with Gasteiger partial charge in [0.15, 0.2) is 0 Å². The van der Waals surface area contributed by atoms with Gasteiger partial charge in [-0.25, -0.2) is 0 Å². The molecule has 1 aliphatic heterocycles. The zero-order valence-electron chi connectivity index (χ0n) is 7.84. The second-order valence-corrected chi connectivity index (χ2v) is 3.82. The van der Waals surface area contributed by atoms with E-state index >= 15 is 0 Å². The molecule has 1 aromatic heterocycles. The highest BCUT2D eigenvalue weighted by Gasteiger charge is 2.16. The molecule has 2 heterocycles. The van der Waals surface area contributed by atoms with Gasteiger partial charge in [0.05, 0.1) is 11.9 Å². The summed E-state index contributed by atoms with van der Waals surface area (Å²) in [7, 11) is 0. The Labute approximate surface area is 77.1 Å². The fourth-order valence-electron chi connectivity index (χ4n) is 2.28. The Morgan fingerprint density at radius 2 is 2.31 bits per heavy atom. The summed E-state index contributed by atoms with van der Waals surface area (Å²) in [5.41, 5.74) is 1.50. The number of rotatable bonds is 0. The van der Waals surface area contributed by atoms with Crippen LogP contribution in [0.1, 0.15) is 19.8 Å². The molecule has 2 nitrogen and oxygen atoms in total. The lowest BCUT2D eigenvalue weighted by Crippen LogP contribution is -2.39. The summed E-state index contributed by atoms with van der Waals surface area (Å²) in [4.78, 5) is 0. The summed E-state index contributed by atoms with van der Waals surface area (Å²) >= 11 is 0. The van der Waals surface area contributed by atoms with Crippen molar-refractivity contribution in [2.24, 2.45) is 0 Å². The molecule has 2 aliphatic rings. The molecule has 0 unspecified atom stereocenters. The van der Waals surface area contributed by atoms with Crippen molar-refractivity contribution in [3.05, 3.63) is 22.8 Å². The van der Waals surface area contributed by atoms with E-state index in [9.17, 15) is 0 Å². The van der Waals surface area contributed by atoms with E-state index in [4.69, 9.17) is 4.74 Å². The summed E-state index contributed by atoms with van der Waals surface area (Å²) in [6.07, 6.45) is 4.43. The van der Waals surface area contributed by atoms with Gasteiger partial charge in [-0.05, 0) is 19.4 Å². The van der Waals surface area contributed by atoms with E-state index in [1.54, 1.807) is 0 Å². The van der Waals surface area contributed by atoms with Gasteiger partial charge in [-0.2, -0.15) is 0 Å². The maximum Gasteiger partial charge on any atom is 0.121 e. The minimum absolute atomic E-state index is 0.843. The number of nitrogens with zero attached hydrogens (tertiary/aromatic N) is 1. The first-order valence-electron chi connectivity index (χ1n) is 4.87. The zero-order valence-corrected chi connectivity index (χ0v) is 7.84. The summed E-state index contributed by atoms with van der Waals surface area (Å²) in [5.74, 6) is 1.21. The van der Waals surface area contributed by atoms with Gasteiger partial charge < -0.3 is 9.30 Å². The standard InChI is InChI=1S/C11H13NO/c1-8-2-3-10-11-9(8)4-5-12(11)6-7-13-10/h4-5H,2-3,6-7H2,1H3. The van der Waals surface area contributed by atoms with E-state index in [1.807, 2.05) is 0 Å². The normalized spacial score (nSPS) is 19.8. The van der Waals surface area contributed by atoms with Crippen LogP contribution < -0.4 is 10.6 Å². The van der Waals surface area contributed by atoms with Crippen LogP contribution in [0.4, 0.5) is 0 Å². The Morgan fingerprint density at radius 3 is 3.23 bits per heavy atom. The van der Waals surface area contributed by atoms with E-state index in [1.165, 1.54) is 21.9 Å². The Morgan fingerprint density at radius 1 is 1.38 bits per heavy atom. The average molecular weight is 175 g/mol. The molecule has 0 bridgehead atoms. The van der Waals surface area contributed by atoms with Gasteiger partial charge in [0.25, 0.3) is 0 Å². The molecule has 0 aromatic carbocycles. The summed E-state index contributed by atoms with van der Waals surface area (Å²) in [6, 6.07) is 2.22. The van der Waals surface area contributed by atoms with E-state index in [0.717, 1.165) is 26.0 Å². The topological polar surface area (TPSA) is 14.2 Å². The quantitative estimate of drug-likeness (QED) is 0.563. The van der Waals surface area contributed by atoms with E-state index in [-0.39, 0.29) is 0 Å². The maximum atomic E-state index is 5.67. The smallest absolute Gasteiger partial charge is 0.121 e.